The van der Waals surface area contributed by atoms with Gasteiger partial charge in [0.15, 0.2) is 5.16 Å². The SMILES string of the molecule is CC(=O)N1CCN(C(=O)CSc2nnc3n(-c4ccccc4C)c(=O)c4ccccc4n23)CC1. The van der Waals surface area contributed by atoms with Crippen LogP contribution in [-0.4, -0.2) is 72.7 Å². The molecule has 10 heteroatoms. The molecule has 9 nitrogen and oxygen atoms in total. The van der Waals surface area contributed by atoms with Gasteiger partial charge in [-0.1, -0.05) is 42.1 Å². The molecule has 2 aromatic carbocycles. The summed E-state index contributed by atoms with van der Waals surface area (Å²) in [7, 11) is 0. The highest BCUT2D eigenvalue weighted by Gasteiger charge is 2.24. The van der Waals surface area contributed by atoms with Crippen molar-refractivity contribution in [2.75, 3.05) is 31.9 Å². The van der Waals surface area contributed by atoms with Crippen LogP contribution < -0.4 is 5.56 Å². The lowest BCUT2D eigenvalue weighted by atomic mass is 10.2. The highest BCUT2D eigenvalue weighted by Crippen LogP contribution is 2.24. The van der Waals surface area contributed by atoms with Crippen molar-refractivity contribution >= 4 is 40.3 Å². The van der Waals surface area contributed by atoms with Gasteiger partial charge in [0, 0.05) is 33.1 Å². The number of para-hydroxylation sites is 2. The van der Waals surface area contributed by atoms with E-state index in [1.54, 1.807) is 27.4 Å². The van der Waals surface area contributed by atoms with Crippen molar-refractivity contribution in [2.24, 2.45) is 0 Å². The van der Waals surface area contributed by atoms with Crippen molar-refractivity contribution in [1.82, 2.24) is 29.0 Å². The molecule has 0 spiro atoms. The van der Waals surface area contributed by atoms with Crippen molar-refractivity contribution in [3.05, 3.63) is 64.4 Å². The molecule has 4 aromatic rings. The van der Waals surface area contributed by atoms with Crippen LogP contribution in [0.5, 0.6) is 0 Å². The maximum absolute atomic E-state index is 13.4. The minimum absolute atomic E-state index is 0.0125. The molecule has 0 aliphatic carbocycles. The fourth-order valence-corrected chi connectivity index (χ4v) is 5.13. The molecule has 0 unspecified atom stereocenters. The maximum atomic E-state index is 13.4. The number of benzene rings is 2. The second kappa shape index (κ2) is 8.94. The number of aromatic nitrogens is 4. The molecule has 3 heterocycles. The predicted octanol–water partition coefficient (Wildman–Crippen LogP) is 2.12. The van der Waals surface area contributed by atoms with E-state index >= 15 is 0 Å². The molecule has 1 aliphatic heterocycles. The van der Waals surface area contributed by atoms with E-state index in [4.69, 9.17) is 0 Å². The lowest BCUT2D eigenvalue weighted by molar-refractivity contribution is -0.136. The van der Waals surface area contributed by atoms with Gasteiger partial charge in [-0.15, -0.1) is 10.2 Å². The second-order valence-electron chi connectivity index (χ2n) is 8.24. The lowest BCUT2D eigenvalue weighted by Crippen LogP contribution is -2.50. The van der Waals surface area contributed by atoms with Crippen LogP contribution in [0.2, 0.25) is 0 Å². The van der Waals surface area contributed by atoms with E-state index in [9.17, 15) is 14.4 Å². The number of carbonyl (C=O) groups is 2. The van der Waals surface area contributed by atoms with Crippen molar-refractivity contribution < 1.29 is 9.59 Å². The van der Waals surface area contributed by atoms with Crippen LogP contribution in [0.25, 0.3) is 22.4 Å². The Bertz CT molecular complexity index is 1470. The maximum Gasteiger partial charge on any atom is 0.267 e. The summed E-state index contributed by atoms with van der Waals surface area (Å²) < 4.78 is 3.42. The Kier molecular flexibility index (Phi) is 5.82. The average Bonchev–Trinajstić information content (AvgIpc) is 3.27. The minimum atomic E-state index is -0.166. The van der Waals surface area contributed by atoms with Crippen LogP contribution in [0.4, 0.5) is 0 Å². The van der Waals surface area contributed by atoms with E-state index in [-0.39, 0.29) is 23.1 Å². The van der Waals surface area contributed by atoms with Gasteiger partial charge in [-0.25, -0.2) is 4.57 Å². The van der Waals surface area contributed by atoms with Crippen molar-refractivity contribution in [2.45, 2.75) is 19.0 Å². The summed E-state index contributed by atoms with van der Waals surface area (Å²) in [5.74, 6) is 0.617. The molecule has 5 rings (SSSR count). The zero-order valence-corrected chi connectivity index (χ0v) is 19.8. The van der Waals surface area contributed by atoms with Crippen molar-refractivity contribution in [3.8, 4) is 5.69 Å². The van der Waals surface area contributed by atoms with Crippen LogP contribution in [0.3, 0.4) is 0 Å². The van der Waals surface area contributed by atoms with Gasteiger partial charge in [-0.3, -0.25) is 18.8 Å². The molecular formula is C24H24N6O3S. The molecule has 0 atom stereocenters. The molecule has 2 amide bonds. The van der Waals surface area contributed by atoms with Gasteiger partial charge in [0.1, 0.15) is 0 Å². The van der Waals surface area contributed by atoms with Crippen LogP contribution in [-0.2, 0) is 9.59 Å². The first-order valence-electron chi connectivity index (χ1n) is 11.1. The van der Waals surface area contributed by atoms with Crippen LogP contribution in [0.15, 0.2) is 58.5 Å². The summed E-state index contributed by atoms with van der Waals surface area (Å²) in [5, 5.41) is 9.79. The van der Waals surface area contributed by atoms with E-state index in [0.717, 1.165) is 11.3 Å². The van der Waals surface area contributed by atoms with Gasteiger partial charge >= 0.3 is 0 Å². The molecule has 34 heavy (non-hydrogen) atoms. The molecule has 1 saturated heterocycles. The zero-order chi connectivity index (χ0) is 23.8. The summed E-state index contributed by atoms with van der Waals surface area (Å²) in [4.78, 5) is 41.3. The Morgan fingerprint density at radius 2 is 1.62 bits per heavy atom. The van der Waals surface area contributed by atoms with E-state index in [0.29, 0.717) is 48.0 Å². The molecule has 2 aromatic heterocycles. The first-order valence-corrected chi connectivity index (χ1v) is 12.1. The Hall–Kier alpha value is -3.66. The lowest BCUT2D eigenvalue weighted by Gasteiger charge is -2.34. The smallest absolute Gasteiger partial charge is 0.267 e. The number of carbonyl (C=O) groups excluding carboxylic acids is 2. The summed E-state index contributed by atoms with van der Waals surface area (Å²) >= 11 is 1.30. The molecule has 174 valence electrons. The van der Waals surface area contributed by atoms with E-state index < -0.39 is 0 Å². The molecule has 0 bridgehead atoms. The summed E-state index contributed by atoms with van der Waals surface area (Å²) in [6.45, 7) is 5.64. The fourth-order valence-electron chi connectivity index (χ4n) is 4.29. The normalized spacial score (nSPS) is 14.2. The fraction of sp³-hybridized carbons (Fsp3) is 0.292. The molecule has 1 fully saturated rings. The average molecular weight is 477 g/mol. The molecular weight excluding hydrogens is 452 g/mol. The first-order chi connectivity index (χ1) is 16.5. The molecule has 0 saturated carbocycles. The quantitative estimate of drug-likeness (QED) is 0.419. The number of piperazine rings is 1. The predicted molar refractivity (Wildman–Crippen MR) is 130 cm³/mol. The number of fused-ring (bicyclic) bond motifs is 3. The van der Waals surface area contributed by atoms with Crippen LogP contribution in [0.1, 0.15) is 12.5 Å². The largest absolute Gasteiger partial charge is 0.339 e. The summed E-state index contributed by atoms with van der Waals surface area (Å²) in [6.07, 6.45) is 0. The van der Waals surface area contributed by atoms with Gasteiger partial charge in [-0.05, 0) is 30.7 Å². The third-order valence-electron chi connectivity index (χ3n) is 6.15. The highest BCUT2D eigenvalue weighted by atomic mass is 32.2. The molecule has 1 aliphatic rings. The number of hydrogen-bond donors (Lipinski definition) is 0. The van der Waals surface area contributed by atoms with E-state index in [1.807, 2.05) is 53.8 Å². The van der Waals surface area contributed by atoms with Gasteiger partial charge in [-0.2, -0.15) is 0 Å². The van der Waals surface area contributed by atoms with Crippen LogP contribution in [0, 0.1) is 6.92 Å². The number of rotatable bonds is 4. The Balaban J connectivity index is 1.50. The van der Waals surface area contributed by atoms with E-state index in [2.05, 4.69) is 10.2 Å². The van der Waals surface area contributed by atoms with Gasteiger partial charge in [0.05, 0.1) is 22.3 Å². The Morgan fingerprint density at radius 1 is 0.941 bits per heavy atom. The number of aryl methyl sites for hydroxylation is 1. The summed E-state index contributed by atoms with van der Waals surface area (Å²) in [5.41, 5.74) is 2.22. The standard InChI is InChI=1S/C24H24N6O3S/c1-16-7-3-5-9-19(16)29-22(33)18-8-4-6-10-20(18)30-23(29)25-26-24(30)34-15-21(32)28-13-11-27(12-14-28)17(2)31/h3-10H,11-15H2,1-2H3. The minimum Gasteiger partial charge on any atom is -0.339 e. The van der Waals surface area contributed by atoms with Gasteiger partial charge < -0.3 is 9.80 Å². The number of hydrogen-bond acceptors (Lipinski definition) is 6. The Labute approximate surface area is 200 Å². The molecule has 0 N–H and O–H groups in total. The topological polar surface area (TPSA) is 92.8 Å². The first kappa shape index (κ1) is 22.1. The number of thioether (sulfide) groups is 1. The third-order valence-corrected chi connectivity index (χ3v) is 7.07. The Morgan fingerprint density at radius 3 is 2.35 bits per heavy atom. The van der Waals surface area contributed by atoms with Crippen LogP contribution >= 0.6 is 11.8 Å². The zero-order valence-electron chi connectivity index (χ0n) is 19.0. The second-order valence-corrected chi connectivity index (χ2v) is 9.18. The highest BCUT2D eigenvalue weighted by molar-refractivity contribution is 7.99. The monoisotopic (exact) mass is 476 g/mol. The van der Waals surface area contributed by atoms with Gasteiger partial charge in [0.25, 0.3) is 5.56 Å². The van der Waals surface area contributed by atoms with Crippen molar-refractivity contribution in [3.63, 3.8) is 0 Å². The number of amides is 2. The van der Waals surface area contributed by atoms with Crippen molar-refractivity contribution in [1.29, 1.82) is 0 Å². The summed E-state index contributed by atoms with van der Waals surface area (Å²) in [6, 6.07) is 15.0. The number of nitrogens with zero attached hydrogens (tertiary/aromatic N) is 6. The molecule has 0 radical (unpaired) electrons. The van der Waals surface area contributed by atoms with Gasteiger partial charge in [0.2, 0.25) is 17.6 Å². The van der Waals surface area contributed by atoms with E-state index in [1.165, 1.54) is 11.8 Å². The third kappa shape index (κ3) is 3.83.